The predicted octanol–water partition coefficient (Wildman–Crippen LogP) is 3.86. The van der Waals surface area contributed by atoms with Crippen molar-refractivity contribution in [2.24, 2.45) is 0 Å². The van der Waals surface area contributed by atoms with E-state index in [0.29, 0.717) is 23.7 Å². The van der Waals surface area contributed by atoms with Crippen LogP contribution in [-0.2, 0) is 0 Å². The van der Waals surface area contributed by atoms with Crippen LogP contribution in [0.3, 0.4) is 0 Å². The maximum atomic E-state index is 12.2. The average Bonchev–Trinajstić information content (AvgIpc) is 2.46. The van der Waals surface area contributed by atoms with Crippen LogP contribution in [0.4, 0.5) is 0 Å². The highest BCUT2D eigenvalue weighted by atomic mass is 16.5. The molecule has 102 valence electrons. The first kappa shape index (κ1) is 13.9. The molecule has 0 aliphatic rings. The second-order valence-electron chi connectivity index (χ2n) is 4.44. The van der Waals surface area contributed by atoms with Crippen molar-refractivity contribution in [3.05, 3.63) is 72.3 Å². The second-order valence-corrected chi connectivity index (χ2v) is 4.44. The second kappa shape index (κ2) is 6.57. The number of benzene rings is 2. The summed E-state index contributed by atoms with van der Waals surface area (Å²) in [6.45, 7) is 6.01. The summed E-state index contributed by atoms with van der Waals surface area (Å²) >= 11 is 0. The van der Waals surface area contributed by atoms with Gasteiger partial charge in [-0.1, -0.05) is 36.9 Å². The average molecular weight is 268 g/mol. The first-order chi connectivity index (χ1) is 9.66. The van der Waals surface area contributed by atoms with Crippen LogP contribution in [0.25, 0.3) is 0 Å². The zero-order valence-electron chi connectivity index (χ0n) is 11.3. The quantitative estimate of drug-likeness (QED) is 0.469. The largest absolute Gasteiger partial charge is 0.488 e. The Balaban J connectivity index is 2.15. The Hall–Kier alpha value is -2.55. The maximum Gasteiger partial charge on any atom is 0.347 e. The third-order valence-corrected chi connectivity index (χ3v) is 2.53. The summed E-state index contributed by atoms with van der Waals surface area (Å²) in [5.41, 5.74) is 1.29. The highest BCUT2D eigenvalue weighted by Gasteiger charge is 2.14. The number of carbonyl (C=O) groups is 1. The first-order valence-electron chi connectivity index (χ1n) is 6.30. The normalized spacial score (nSPS) is 9.85. The van der Waals surface area contributed by atoms with Crippen molar-refractivity contribution in [2.75, 3.05) is 6.61 Å². The predicted molar refractivity (Wildman–Crippen MR) is 78.2 cm³/mol. The van der Waals surface area contributed by atoms with Crippen molar-refractivity contribution in [2.45, 2.75) is 6.92 Å². The molecule has 0 aliphatic heterocycles. The molecule has 2 aromatic rings. The molecule has 3 heteroatoms. The van der Waals surface area contributed by atoms with Gasteiger partial charge in [0.2, 0.25) is 0 Å². The molecule has 0 amide bonds. The van der Waals surface area contributed by atoms with E-state index in [-0.39, 0.29) is 0 Å². The number of hydrogen-bond acceptors (Lipinski definition) is 3. The highest BCUT2D eigenvalue weighted by Crippen LogP contribution is 2.21. The molecule has 0 unspecified atom stereocenters. The Kier molecular flexibility index (Phi) is 4.56. The number of carbonyl (C=O) groups excluding carboxylic acids is 1. The molecule has 0 aromatic heterocycles. The highest BCUT2D eigenvalue weighted by molar-refractivity contribution is 5.93. The van der Waals surface area contributed by atoms with Gasteiger partial charge in [0, 0.05) is 0 Å². The van der Waals surface area contributed by atoms with Gasteiger partial charge in [-0.2, -0.15) is 0 Å². The fourth-order valence-electron chi connectivity index (χ4n) is 1.61. The van der Waals surface area contributed by atoms with Crippen LogP contribution in [0, 0.1) is 0 Å². The zero-order chi connectivity index (χ0) is 14.4. The van der Waals surface area contributed by atoms with Crippen molar-refractivity contribution in [1.82, 2.24) is 0 Å². The smallest absolute Gasteiger partial charge is 0.347 e. The Morgan fingerprint density at radius 2 is 1.70 bits per heavy atom. The molecule has 0 saturated heterocycles. The van der Waals surface area contributed by atoms with Gasteiger partial charge in [-0.25, -0.2) is 4.79 Å². The van der Waals surface area contributed by atoms with E-state index in [1.807, 2.05) is 31.2 Å². The van der Waals surface area contributed by atoms with Gasteiger partial charge in [0.1, 0.15) is 23.7 Å². The molecule has 0 radical (unpaired) electrons. The van der Waals surface area contributed by atoms with Crippen LogP contribution in [0.1, 0.15) is 17.3 Å². The van der Waals surface area contributed by atoms with Crippen LogP contribution in [0.2, 0.25) is 0 Å². The minimum atomic E-state index is -0.437. The van der Waals surface area contributed by atoms with Crippen LogP contribution in [0.5, 0.6) is 11.5 Å². The molecule has 3 nitrogen and oxygen atoms in total. The molecule has 2 aromatic carbocycles. The van der Waals surface area contributed by atoms with Crippen LogP contribution >= 0.6 is 0 Å². The van der Waals surface area contributed by atoms with E-state index >= 15 is 0 Å². The lowest BCUT2D eigenvalue weighted by atomic mass is 10.2. The molecule has 0 atom stereocenters. The molecule has 0 bridgehead atoms. The minimum absolute atomic E-state index is 0.371. The molecular formula is C17H16O3. The van der Waals surface area contributed by atoms with Gasteiger partial charge in [-0.3, -0.25) is 0 Å². The lowest BCUT2D eigenvalue weighted by Crippen LogP contribution is -2.11. The minimum Gasteiger partial charge on any atom is -0.488 e. The zero-order valence-corrected chi connectivity index (χ0v) is 11.3. The van der Waals surface area contributed by atoms with Gasteiger partial charge < -0.3 is 9.47 Å². The fourth-order valence-corrected chi connectivity index (χ4v) is 1.61. The Labute approximate surface area is 118 Å². The van der Waals surface area contributed by atoms with Gasteiger partial charge in [0.15, 0.2) is 0 Å². The number of para-hydroxylation sites is 2. The van der Waals surface area contributed by atoms with Gasteiger partial charge in [-0.05, 0) is 36.8 Å². The van der Waals surface area contributed by atoms with E-state index in [4.69, 9.17) is 9.47 Å². The lowest BCUT2D eigenvalue weighted by Gasteiger charge is -2.10. The summed E-state index contributed by atoms with van der Waals surface area (Å²) in [6.07, 6.45) is 0. The van der Waals surface area contributed by atoms with E-state index in [1.165, 1.54) is 0 Å². The molecule has 20 heavy (non-hydrogen) atoms. The van der Waals surface area contributed by atoms with E-state index in [9.17, 15) is 4.79 Å². The maximum absolute atomic E-state index is 12.2. The molecule has 2 rings (SSSR count). The van der Waals surface area contributed by atoms with Crippen molar-refractivity contribution in [1.29, 1.82) is 0 Å². The molecule has 0 aliphatic carbocycles. The van der Waals surface area contributed by atoms with E-state index in [2.05, 4.69) is 6.58 Å². The van der Waals surface area contributed by atoms with Crippen LogP contribution in [0.15, 0.2) is 66.7 Å². The molecule has 0 N–H and O–H groups in total. The van der Waals surface area contributed by atoms with Gasteiger partial charge in [-0.15, -0.1) is 0 Å². The molecule has 0 fully saturated rings. The standard InChI is InChI=1S/C17H16O3/c1-13(2)12-19-16-11-7-6-10-15(16)17(18)20-14-8-4-3-5-9-14/h3-11H,1,12H2,2H3. The van der Waals surface area contributed by atoms with E-state index in [1.54, 1.807) is 30.3 Å². The summed E-state index contributed by atoms with van der Waals surface area (Å²) in [6, 6.07) is 16.0. The van der Waals surface area contributed by atoms with Crippen molar-refractivity contribution < 1.29 is 14.3 Å². The monoisotopic (exact) mass is 268 g/mol. The molecule has 0 saturated carbocycles. The summed E-state index contributed by atoms with van der Waals surface area (Å²) in [4.78, 5) is 12.2. The van der Waals surface area contributed by atoms with Gasteiger partial charge in [0.25, 0.3) is 0 Å². The summed E-state index contributed by atoms with van der Waals surface area (Å²) in [5, 5.41) is 0. The Morgan fingerprint density at radius 1 is 1.05 bits per heavy atom. The van der Waals surface area contributed by atoms with Crippen molar-refractivity contribution in [3.8, 4) is 11.5 Å². The molecule has 0 heterocycles. The Bertz CT molecular complexity index is 603. The Morgan fingerprint density at radius 3 is 2.40 bits per heavy atom. The third-order valence-electron chi connectivity index (χ3n) is 2.53. The molecule has 0 spiro atoms. The van der Waals surface area contributed by atoms with E-state index in [0.717, 1.165) is 5.57 Å². The number of ether oxygens (including phenoxy) is 2. The van der Waals surface area contributed by atoms with Crippen molar-refractivity contribution in [3.63, 3.8) is 0 Å². The van der Waals surface area contributed by atoms with Gasteiger partial charge in [0.05, 0.1) is 0 Å². The van der Waals surface area contributed by atoms with Crippen molar-refractivity contribution >= 4 is 5.97 Å². The fraction of sp³-hybridized carbons (Fsp3) is 0.118. The summed E-state index contributed by atoms with van der Waals surface area (Å²) in [7, 11) is 0. The first-order valence-corrected chi connectivity index (χ1v) is 6.30. The summed E-state index contributed by atoms with van der Waals surface area (Å²) < 4.78 is 10.9. The van der Waals surface area contributed by atoms with Crippen LogP contribution < -0.4 is 9.47 Å². The number of hydrogen-bond donors (Lipinski definition) is 0. The number of esters is 1. The van der Waals surface area contributed by atoms with Gasteiger partial charge >= 0.3 is 5.97 Å². The number of rotatable bonds is 5. The lowest BCUT2D eigenvalue weighted by molar-refractivity contribution is 0.0730. The summed E-state index contributed by atoms with van der Waals surface area (Å²) in [5.74, 6) is 0.567. The SMILES string of the molecule is C=C(C)COc1ccccc1C(=O)Oc1ccccc1. The van der Waals surface area contributed by atoms with Crippen LogP contribution in [-0.4, -0.2) is 12.6 Å². The topological polar surface area (TPSA) is 35.5 Å². The third kappa shape index (κ3) is 3.72. The van der Waals surface area contributed by atoms with E-state index < -0.39 is 5.97 Å². The molecular weight excluding hydrogens is 252 g/mol.